The highest BCUT2D eigenvalue weighted by Gasteiger charge is 2.31. The zero-order valence-corrected chi connectivity index (χ0v) is 7.99. The Bertz CT molecular complexity index is 296. The second-order valence-corrected chi connectivity index (χ2v) is 3.33. The Balaban J connectivity index is 2.34. The van der Waals surface area contributed by atoms with Crippen LogP contribution in [-0.4, -0.2) is 20.3 Å². The van der Waals surface area contributed by atoms with Crippen molar-refractivity contribution >= 4 is 0 Å². The van der Waals surface area contributed by atoms with E-state index in [0.717, 1.165) is 6.42 Å². The molecule has 2 nitrogen and oxygen atoms in total. The van der Waals surface area contributed by atoms with Crippen LogP contribution in [0.1, 0.15) is 17.2 Å². The van der Waals surface area contributed by atoms with E-state index in [-0.39, 0.29) is 12.2 Å². The molecule has 1 aliphatic rings. The molecular formula is C11H14O2. The van der Waals surface area contributed by atoms with Crippen LogP contribution in [0.3, 0.4) is 0 Å². The number of hydrogen-bond donors (Lipinski definition) is 0. The van der Waals surface area contributed by atoms with E-state index in [9.17, 15) is 0 Å². The Morgan fingerprint density at radius 1 is 1.15 bits per heavy atom. The van der Waals surface area contributed by atoms with Crippen molar-refractivity contribution in [1.82, 2.24) is 0 Å². The van der Waals surface area contributed by atoms with Crippen LogP contribution in [0.25, 0.3) is 0 Å². The fraction of sp³-hybridized carbons (Fsp3) is 0.455. The third-order valence-electron chi connectivity index (χ3n) is 2.68. The minimum atomic E-state index is 0.112. The number of benzene rings is 1. The van der Waals surface area contributed by atoms with E-state index in [4.69, 9.17) is 9.47 Å². The van der Waals surface area contributed by atoms with Gasteiger partial charge in [-0.25, -0.2) is 0 Å². The maximum Gasteiger partial charge on any atom is 0.109 e. The van der Waals surface area contributed by atoms with E-state index in [2.05, 4.69) is 18.2 Å². The molecule has 0 N–H and O–H groups in total. The Labute approximate surface area is 78.5 Å². The quantitative estimate of drug-likeness (QED) is 0.689. The van der Waals surface area contributed by atoms with Crippen molar-refractivity contribution in [2.24, 2.45) is 0 Å². The molecule has 0 radical (unpaired) electrons. The zero-order chi connectivity index (χ0) is 9.26. The number of hydrogen-bond acceptors (Lipinski definition) is 2. The van der Waals surface area contributed by atoms with Gasteiger partial charge in [0.2, 0.25) is 0 Å². The van der Waals surface area contributed by atoms with Crippen molar-refractivity contribution in [2.75, 3.05) is 14.2 Å². The molecule has 1 aromatic carbocycles. The smallest absolute Gasteiger partial charge is 0.109 e. The van der Waals surface area contributed by atoms with Crippen LogP contribution >= 0.6 is 0 Å². The van der Waals surface area contributed by atoms with Crippen molar-refractivity contribution in [3.63, 3.8) is 0 Å². The molecule has 1 aromatic rings. The Morgan fingerprint density at radius 3 is 2.62 bits per heavy atom. The highest BCUT2D eigenvalue weighted by molar-refractivity contribution is 5.35. The van der Waals surface area contributed by atoms with E-state index in [0.29, 0.717) is 0 Å². The van der Waals surface area contributed by atoms with Gasteiger partial charge in [-0.1, -0.05) is 24.3 Å². The highest BCUT2D eigenvalue weighted by atomic mass is 16.5. The molecule has 0 bridgehead atoms. The first-order valence-corrected chi connectivity index (χ1v) is 4.50. The largest absolute Gasteiger partial charge is 0.378 e. The average Bonchev–Trinajstić information content (AvgIpc) is 2.55. The van der Waals surface area contributed by atoms with Gasteiger partial charge in [0.05, 0.1) is 6.10 Å². The zero-order valence-electron chi connectivity index (χ0n) is 7.99. The minimum absolute atomic E-state index is 0.112. The predicted octanol–water partition coefficient (Wildman–Crippen LogP) is 1.95. The summed E-state index contributed by atoms with van der Waals surface area (Å²) in [7, 11) is 3.47. The SMILES string of the molecule is COC1Cc2ccccc2C1OC. The summed E-state index contributed by atoms with van der Waals surface area (Å²) in [5, 5.41) is 0. The summed E-state index contributed by atoms with van der Waals surface area (Å²) in [5.74, 6) is 0. The molecule has 0 heterocycles. The molecule has 2 heteroatoms. The van der Waals surface area contributed by atoms with E-state index in [1.165, 1.54) is 11.1 Å². The number of methoxy groups -OCH3 is 2. The number of ether oxygens (including phenoxy) is 2. The van der Waals surface area contributed by atoms with Gasteiger partial charge in [-0.15, -0.1) is 0 Å². The van der Waals surface area contributed by atoms with Crippen LogP contribution in [0, 0.1) is 0 Å². The molecule has 0 amide bonds. The fourth-order valence-corrected chi connectivity index (χ4v) is 2.01. The van der Waals surface area contributed by atoms with Crippen molar-refractivity contribution < 1.29 is 9.47 Å². The van der Waals surface area contributed by atoms with Gasteiger partial charge in [0, 0.05) is 20.6 Å². The Hall–Kier alpha value is -0.860. The second-order valence-electron chi connectivity index (χ2n) is 3.33. The van der Waals surface area contributed by atoms with E-state index in [1.807, 2.05) is 6.07 Å². The maximum atomic E-state index is 5.42. The molecule has 1 aliphatic carbocycles. The van der Waals surface area contributed by atoms with E-state index in [1.54, 1.807) is 14.2 Å². The van der Waals surface area contributed by atoms with Crippen LogP contribution in [0.15, 0.2) is 24.3 Å². The summed E-state index contributed by atoms with van der Waals surface area (Å²) in [6, 6.07) is 8.36. The van der Waals surface area contributed by atoms with Crippen LogP contribution in [0.4, 0.5) is 0 Å². The van der Waals surface area contributed by atoms with Gasteiger partial charge in [-0.3, -0.25) is 0 Å². The van der Waals surface area contributed by atoms with Crippen LogP contribution in [0.2, 0.25) is 0 Å². The first-order valence-electron chi connectivity index (χ1n) is 4.50. The third kappa shape index (κ3) is 1.36. The van der Waals surface area contributed by atoms with Crippen molar-refractivity contribution in [3.8, 4) is 0 Å². The van der Waals surface area contributed by atoms with Gasteiger partial charge in [0.15, 0.2) is 0 Å². The average molecular weight is 178 g/mol. The van der Waals surface area contributed by atoms with E-state index >= 15 is 0 Å². The standard InChI is InChI=1S/C11H14O2/c1-12-10-7-8-5-3-4-6-9(8)11(10)13-2/h3-6,10-11H,7H2,1-2H3. The summed E-state index contributed by atoms with van der Waals surface area (Å²) in [5.41, 5.74) is 2.62. The summed E-state index contributed by atoms with van der Waals surface area (Å²) < 4.78 is 10.8. The molecule has 0 aromatic heterocycles. The Morgan fingerprint density at radius 2 is 1.92 bits per heavy atom. The summed E-state index contributed by atoms with van der Waals surface area (Å²) in [6.45, 7) is 0. The second kappa shape index (κ2) is 3.48. The molecule has 2 unspecified atom stereocenters. The van der Waals surface area contributed by atoms with Crippen LogP contribution < -0.4 is 0 Å². The highest BCUT2D eigenvalue weighted by Crippen LogP contribution is 2.34. The number of rotatable bonds is 2. The molecule has 0 aliphatic heterocycles. The predicted molar refractivity (Wildman–Crippen MR) is 50.7 cm³/mol. The molecular weight excluding hydrogens is 164 g/mol. The fourth-order valence-electron chi connectivity index (χ4n) is 2.01. The normalized spacial score (nSPS) is 26.0. The van der Waals surface area contributed by atoms with Crippen LogP contribution in [-0.2, 0) is 15.9 Å². The van der Waals surface area contributed by atoms with E-state index < -0.39 is 0 Å². The van der Waals surface area contributed by atoms with Gasteiger partial charge < -0.3 is 9.47 Å². The third-order valence-corrected chi connectivity index (χ3v) is 2.68. The van der Waals surface area contributed by atoms with Crippen LogP contribution in [0.5, 0.6) is 0 Å². The summed E-state index contributed by atoms with van der Waals surface area (Å²) in [6.07, 6.45) is 1.26. The van der Waals surface area contributed by atoms with Crippen molar-refractivity contribution in [2.45, 2.75) is 18.6 Å². The summed E-state index contributed by atoms with van der Waals surface area (Å²) >= 11 is 0. The first kappa shape index (κ1) is 8.73. The molecule has 0 fully saturated rings. The molecule has 70 valence electrons. The van der Waals surface area contributed by atoms with Crippen molar-refractivity contribution in [3.05, 3.63) is 35.4 Å². The lowest BCUT2D eigenvalue weighted by Gasteiger charge is -2.16. The van der Waals surface area contributed by atoms with Gasteiger partial charge in [0.25, 0.3) is 0 Å². The molecule has 0 saturated heterocycles. The van der Waals surface area contributed by atoms with Gasteiger partial charge in [-0.2, -0.15) is 0 Å². The monoisotopic (exact) mass is 178 g/mol. The topological polar surface area (TPSA) is 18.5 Å². The maximum absolute atomic E-state index is 5.42. The Kier molecular flexibility index (Phi) is 2.34. The molecule has 2 atom stereocenters. The lowest BCUT2D eigenvalue weighted by atomic mass is 10.1. The lowest BCUT2D eigenvalue weighted by molar-refractivity contribution is -0.0259. The molecule has 0 spiro atoms. The molecule has 2 rings (SSSR count). The lowest BCUT2D eigenvalue weighted by Crippen LogP contribution is -2.17. The first-order chi connectivity index (χ1) is 6.36. The van der Waals surface area contributed by atoms with Gasteiger partial charge in [0.1, 0.15) is 6.10 Å². The van der Waals surface area contributed by atoms with Gasteiger partial charge >= 0.3 is 0 Å². The van der Waals surface area contributed by atoms with Gasteiger partial charge in [-0.05, 0) is 11.1 Å². The molecule has 13 heavy (non-hydrogen) atoms. The summed E-state index contributed by atoms with van der Waals surface area (Å²) in [4.78, 5) is 0. The van der Waals surface area contributed by atoms with Crippen molar-refractivity contribution in [1.29, 1.82) is 0 Å². The minimum Gasteiger partial charge on any atom is -0.378 e. The number of fused-ring (bicyclic) bond motifs is 1. The molecule has 0 saturated carbocycles.